The van der Waals surface area contributed by atoms with Gasteiger partial charge in [0.2, 0.25) is 5.91 Å². The molecule has 1 aliphatic heterocycles. The van der Waals surface area contributed by atoms with Crippen molar-refractivity contribution >= 4 is 17.9 Å². The van der Waals surface area contributed by atoms with Gasteiger partial charge in [0.15, 0.2) is 5.82 Å². The Labute approximate surface area is 128 Å². The van der Waals surface area contributed by atoms with E-state index in [-0.39, 0.29) is 17.9 Å². The van der Waals surface area contributed by atoms with Crippen molar-refractivity contribution in [1.29, 1.82) is 0 Å². The van der Waals surface area contributed by atoms with Gasteiger partial charge in [0, 0.05) is 32.0 Å². The van der Waals surface area contributed by atoms with Gasteiger partial charge in [-0.3, -0.25) is 9.59 Å². The van der Waals surface area contributed by atoms with Crippen LogP contribution in [-0.2, 0) is 9.59 Å². The molecule has 0 unspecified atom stereocenters. The smallest absolute Gasteiger partial charge is 0.324 e. The fraction of sp³-hybridized carbons (Fsp3) is 0.714. The molecular weight excluding hydrogens is 288 g/mol. The van der Waals surface area contributed by atoms with Gasteiger partial charge in [-0.1, -0.05) is 19.0 Å². The van der Waals surface area contributed by atoms with E-state index in [0.717, 1.165) is 0 Å². The summed E-state index contributed by atoms with van der Waals surface area (Å²) in [6, 6.07) is 0.184. The molecule has 122 valence electrons. The molecule has 0 aliphatic carbocycles. The summed E-state index contributed by atoms with van der Waals surface area (Å²) in [4.78, 5) is 28.7. The molecule has 2 atom stereocenters. The summed E-state index contributed by atoms with van der Waals surface area (Å²) < 4.78 is 5.26. The number of carboxylic acid groups (broad SMARTS) is 1. The Hall–Kier alpha value is -2.12. The molecule has 0 saturated carbocycles. The Bertz CT molecular complexity index is 543. The van der Waals surface area contributed by atoms with Gasteiger partial charge in [-0.15, -0.1) is 0 Å². The van der Waals surface area contributed by atoms with Gasteiger partial charge in [-0.05, 0) is 12.8 Å². The zero-order valence-corrected chi connectivity index (χ0v) is 13.1. The van der Waals surface area contributed by atoms with Gasteiger partial charge in [-0.25, -0.2) is 0 Å². The largest absolute Gasteiger partial charge is 0.481 e. The lowest BCUT2D eigenvalue weighted by Crippen LogP contribution is -2.42. The maximum Gasteiger partial charge on any atom is 0.324 e. The number of rotatable bonds is 4. The summed E-state index contributed by atoms with van der Waals surface area (Å²) in [7, 11) is 0. The lowest BCUT2D eigenvalue weighted by atomic mass is 10.0. The monoisotopic (exact) mass is 310 g/mol. The first kappa shape index (κ1) is 16.3. The number of carbonyl (C=O) groups excluding carboxylic acids is 1. The van der Waals surface area contributed by atoms with E-state index < -0.39 is 11.9 Å². The second-order valence-corrected chi connectivity index (χ2v) is 6.00. The molecule has 1 amide bonds. The number of amides is 1. The van der Waals surface area contributed by atoms with Crippen molar-refractivity contribution < 1.29 is 19.2 Å². The van der Waals surface area contributed by atoms with Crippen molar-refractivity contribution in [2.45, 2.75) is 45.6 Å². The van der Waals surface area contributed by atoms with Crippen molar-refractivity contribution in [3.63, 3.8) is 0 Å². The van der Waals surface area contributed by atoms with Gasteiger partial charge < -0.3 is 19.8 Å². The van der Waals surface area contributed by atoms with E-state index in [0.29, 0.717) is 37.8 Å². The van der Waals surface area contributed by atoms with Gasteiger partial charge in [0.05, 0.1) is 5.92 Å². The lowest BCUT2D eigenvalue weighted by molar-refractivity contribution is -0.141. The molecule has 0 spiro atoms. The fourth-order valence-corrected chi connectivity index (χ4v) is 2.54. The van der Waals surface area contributed by atoms with E-state index in [4.69, 9.17) is 4.52 Å². The maximum absolute atomic E-state index is 11.3. The molecule has 0 bridgehead atoms. The van der Waals surface area contributed by atoms with Crippen LogP contribution in [0.1, 0.15) is 45.4 Å². The third-order valence-electron chi connectivity index (χ3n) is 3.72. The van der Waals surface area contributed by atoms with Crippen molar-refractivity contribution in [3.05, 3.63) is 5.82 Å². The number of nitrogens with one attached hydrogen (secondary N) is 1. The second kappa shape index (κ2) is 6.76. The van der Waals surface area contributed by atoms with Crippen molar-refractivity contribution in [3.8, 4) is 0 Å². The number of anilines is 1. The van der Waals surface area contributed by atoms with Crippen LogP contribution in [0, 0.1) is 5.92 Å². The van der Waals surface area contributed by atoms with E-state index in [2.05, 4.69) is 15.5 Å². The molecule has 8 nitrogen and oxygen atoms in total. The molecule has 0 radical (unpaired) electrons. The molecule has 1 aliphatic rings. The summed E-state index contributed by atoms with van der Waals surface area (Å²) in [6.45, 7) is 6.12. The van der Waals surface area contributed by atoms with Crippen LogP contribution in [0.3, 0.4) is 0 Å². The molecule has 8 heteroatoms. The van der Waals surface area contributed by atoms with Crippen molar-refractivity contribution in [2.75, 3.05) is 18.0 Å². The normalized spacial score (nSPS) is 22.5. The second-order valence-electron chi connectivity index (χ2n) is 6.00. The van der Waals surface area contributed by atoms with E-state index in [1.807, 2.05) is 13.8 Å². The van der Waals surface area contributed by atoms with Crippen LogP contribution in [0.15, 0.2) is 4.52 Å². The number of nitrogens with zero attached hydrogens (tertiary/aromatic N) is 3. The van der Waals surface area contributed by atoms with Crippen LogP contribution < -0.4 is 10.2 Å². The zero-order valence-electron chi connectivity index (χ0n) is 13.1. The summed E-state index contributed by atoms with van der Waals surface area (Å²) in [5.41, 5.74) is 0. The Balaban J connectivity index is 2.19. The number of carbonyl (C=O) groups is 2. The Kier molecular flexibility index (Phi) is 4.99. The number of hydrogen-bond donors (Lipinski definition) is 2. The highest BCUT2D eigenvalue weighted by molar-refractivity contribution is 5.73. The lowest BCUT2D eigenvalue weighted by Gasteiger charge is -2.23. The minimum absolute atomic E-state index is 0.128. The quantitative estimate of drug-likeness (QED) is 0.853. The van der Waals surface area contributed by atoms with E-state index >= 15 is 0 Å². The maximum atomic E-state index is 11.3. The standard InChI is InChI=1S/C14H22N4O4/c1-8(2)12-16-14(22-17-12)18-6-10(13(20)21)4-5-11(7-18)15-9(3)19/h8,10-11H,4-7H2,1-3H3,(H,15,19)(H,20,21)/t10-,11+/m0/s1. The Morgan fingerprint density at radius 2 is 2.09 bits per heavy atom. The highest BCUT2D eigenvalue weighted by atomic mass is 16.5. The van der Waals surface area contributed by atoms with E-state index in [1.165, 1.54) is 6.92 Å². The average Bonchev–Trinajstić information content (AvgIpc) is 2.81. The van der Waals surface area contributed by atoms with Crippen molar-refractivity contribution in [1.82, 2.24) is 15.5 Å². The Morgan fingerprint density at radius 3 is 2.64 bits per heavy atom. The van der Waals surface area contributed by atoms with Crippen LogP contribution in [0.4, 0.5) is 6.01 Å². The summed E-state index contributed by atoms with van der Waals surface area (Å²) >= 11 is 0. The third kappa shape index (κ3) is 3.96. The minimum Gasteiger partial charge on any atom is -0.481 e. The molecule has 0 aromatic carbocycles. The van der Waals surface area contributed by atoms with Gasteiger partial charge in [-0.2, -0.15) is 4.98 Å². The first-order valence-corrected chi connectivity index (χ1v) is 7.45. The minimum atomic E-state index is -0.850. The van der Waals surface area contributed by atoms with Crippen LogP contribution in [-0.4, -0.2) is 46.3 Å². The topological polar surface area (TPSA) is 109 Å². The van der Waals surface area contributed by atoms with E-state index in [1.54, 1.807) is 4.90 Å². The summed E-state index contributed by atoms with van der Waals surface area (Å²) in [5, 5.41) is 16.1. The first-order valence-electron chi connectivity index (χ1n) is 7.45. The van der Waals surface area contributed by atoms with E-state index in [9.17, 15) is 14.7 Å². The van der Waals surface area contributed by atoms with Gasteiger partial charge in [0.25, 0.3) is 0 Å². The fourth-order valence-electron chi connectivity index (χ4n) is 2.54. The number of carboxylic acids is 1. The number of aliphatic carboxylic acids is 1. The predicted molar refractivity (Wildman–Crippen MR) is 78.6 cm³/mol. The third-order valence-corrected chi connectivity index (χ3v) is 3.72. The SMILES string of the molecule is CC(=O)N[C@@H]1CC[C@H](C(=O)O)CN(c2nc(C(C)C)no2)C1. The molecule has 22 heavy (non-hydrogen) atoms. The highest BCUT2D eigenvalue weighted by Gasteiger charge is 2.31. The molecule has 1 aromatic heterocycles. The zero-order chi connectivity index (χ0) is 16.3. The molecule has 2 N–H and O–H groups in total. The average molecular weight is 310 g/mol. The number of aromatic nitrogens is 2. The van der Waals surface area contributed by atoms with Crippen LogP contribution in [0.2, 0.25) is 0 Å². The molecule has 1 aromatic rings. The van der Waals surface area contributed by atoms with Crippen LogP contribution >= 0.6 is 0 Å². The predicted octanol–water partition coefficient (Wildman–Crippen LogP) is 0.999. The van der Waals surface area contributed by atoms with Crippen LogP contribution in [0.25, 0.3) is 0 Å². The molecule has 1 saturated heterocycles. The highest BCUT2D eigenvalue weighted by Crippen LogP contribution is 2.23. The van der Waals surface area contributed by atoms with Gasteiger partial charge in [0.1, 0.15) is 0 Å². The Morgan fingerprint density at radius 1 is 1.36 bits per heavy atom. The summed E-state index contributed by atoms with van der Waals surface area (Å²) in [5.74, 6) is -0.787. The number of hydrogen-bond acceptors (Lipinski definition) is 6. The molecule has 2 heterocycles. The van der Waals surface area contributed by atoms with Gasteiger partial charge >= 0.3 is 12.0 Å². The molecule has 2 rings (SSSR count). The molecule has 1 fully saturated rings. The summed E-state index contributed by atoms with van der Waals surface area (Å²) in [6.07, 6.45) is 1.11. The van der Waals surface area contributed by atoms with Crippen LogP contribution in [0.5, 0.6) is 0 Å². The molecular formula is C14H22N4O4. The first-order chi connectivity index (χ1) is 10.4. The van der Waals surface area contributed by atoms with Crippen molar-refractivity contribution in [2.24, 2.45) is 5.92 Å².